The van der Waals surface area contributed by atoms with Gasteiger partial charge in [-0.3, -0.25) is 5.10 Å². The molecule has 0 spiro atoms. The van der Waals surface area contributed by atoms with Gasteiger partial charge in [-0.1, -0.05) is 23.2 Å². The second kappa shape index (κ2) is 4.18. The predicted octanol–water partition coefficient (Wildman–Crippen LogP) is 2.27. The first-order chi connectivity index (χ1) is 7.20. The zero-order valence-electron chi connectivity index (χ0n) is 7.54. The molecule has 0 saturated heterocycles. The average Bonchev–Trinajstić information content (AvgIpc) is 2.70. The van der Waals surface area contributed by atoms with Crippen LogP contribution in [-0.4, -0.2) is 20.3 Å². The molecule has 0 atom stereocenters. The Morgan fingerprint density at radius 2 is 2.13 bits per heavy atom. The van der Waals surface area contributed by atoms with Gasteiger partial charge in [0.15, 0.2) is 11.6 Å². The van der Waals surface area contributed by atoms with Gasteiger partial charge in [0.1, 0.15) is 6.61 Å². The minimum atomic E-state index is -0.189. The number of halogens is 2. The highest BCUT2D eigenvalue weighted by atomic mass is 35.5. The molecule has 0 fully saturated rings. The summed E-state index contributed by atoms with van der Waals surface area (Å²) in [6, 6.07) is 5.04. The van der Waals surface area contributed by atoms with E-state index in [1.165, 1.54) is 0 Å². The van der Waals surface area contributed by atoms with Crippen molar-refractivity contribution < 1.29 is 5.11 Å². The van der Waals surface area contributed by atoms with Gasteiger partial charge >= 0.3 is 0 Å². The van der Waals surface area contributed by atoms with Crippen LogP contribution in [0.1, 0.15) is 5.82 Å². The van der Waals surface area contributed by atoms with Crippen molar-refractivity contribution in [2.24, 2.45) is 0 Å². The normalized spacial score (nSPS) is 10.6. The van der Waals surface area contributed by atoms with Gasteiger partial charge in [-0.25, -0.2) is 4.98 Å². The van der Waals surface area contributed by atoms with Crippen LogP contribution in [0.5, 0.6) is 0 Å². The van der Waals surface area contributed by atoms with E-state index in [9.17, 15) is 0 Å². The van der Waals surface area contributed by atoms with Crippen LogP contribution in [0.3, 0.4) is 0 Å². The molecule has 0 aliphatic carbocycles. The number of aromatic amines is 1. The third kappa shape index (κ3) is 2.12. The van der Waals surface area contributed by atoms with E-state index in [1.54, 1.807) is 18.2 Å². The fourth-order valence-corrected chi connectivity index (χ4v) is 1.53. The van der Waals surface area contributed by atoms with Crippen LogP contribution in [0.4, 0.5) is 0 Å². The van der Waals surface area contributed by atoms with E-state index in [2.05, 4.69) is 15.2 Å². The lowest BCUT2D eigenvalue weighted by Gasteiger charge is -1.99. The molecule has 0 amide bonds. The van der Waals surface area contributed by atoms with Crippen molar-refractivity contribution in [3.8, 4) is 11.4 Å². The van der Waals surface area contributed by atoms with E-state index in [0.29, 0.717) is 27.3 Å². The third-order valence-corrected chi connectivity index (χ3v) is 2.42. The summed E-state index contributed by atoms with van der Waals surface area (Å²) in [5.74, 6) is 0.813. The minimum Gasteiger partial charge on any atom is -0.388 e. The number of hydrogen-bond donors (Lipinski definition) is 2. The molecule has 1 heterocycles. The van der Waals surface area contributed by atoms with Gasteiger partial charge in [-0.05, 0) is 18.2 Å². The Morgan fingerprint density at radius 3 is 2.80 bits per heavy atom. The van der Waals surface area contributed by atoms with E-state index >= 15 is 0 Å². The standard InChI is InChI=1S/C9H7Cl2N3O/c10-5-1-2-7(11)6(3-5)9-12-8(4-15)13-14-9/h1-3,15H,4H2,(H,12,13,14). The maximum Gasteiger partial charge on any atom is 0.182 e. The molecule has 1 aromatic heterocycles. The van der Waals surface area contributed by atoms with Crippen molar-refractivity contribution in [1.82, 2.24) is 15.2 Å². The lowest BCUT2D eigenvalue weighted by Crippen LogP contribution is -1.85. The maximum atomic E-state index is 8.83. The molecule has 0 aliphatic rings. The predicted molar refractivity (Wildman–Crippen MR) is 57.8 cm³/mol. The van der Waals surface area contributed by atoms with E-state index in [-0.39, 0.29) is 6.61 Å². The second-order valence-electron chi connectivity index (χ2n) is 2.89. The SMILES string of the molecule is OCc1nc(-c2cc(Cl)ccc2Cl)n[nH]1. The molecular formula is C9H7Cl2N3O. The van der Waals surface area contributed by atoms with Gasteiger partial charge in [0.25, 0.3) is 0 Å². The van der Waals surface area contributed by atoms with Crippen molar-refractivity contribution in [3.05, 3.63) is 34.1 Å². The Hall–Kier alpha value is -1.10. The molecule has 0 radical (unpaired) electrons. The maximum absolute atomic E-state index is 8.83. The molecule has 78 valence electrons. The average molecular weight is 244 g/mol. The van der Waals surface area contributed by atoms with Crippen LogP contribution in [0.2, 0.25) is 10.0 Å². The Balaban J connectivity index is 2.48. The molecule has 1 aromatic carbocycles. The van der Waals surface area contributed by atoms with Crippen molar-refractivity contribution in [3.63, 3.8) is 0 Å². The number of benzene rings is 1. The number of rotatable bonds is 2. The lowest BCUT2D eigenvalue weighted by molar-refractivity contribution is 0.272. The molecule has 2 aromatic rings. The Morgan fingerprint density at radius 1 is 1.33 bits per heavy atom. The summed E-state index contributed by atoms with van der Waals surface area (Å²) >= 11 is 11.8. The summed E-state index contributed by atoms with van der Waals surface area (Å²) in [5, 5.41) is 16.4. The highest BCUT2D eigenvalue weighted by molar-refractivity contribution is 6.35. The summed E-state index contributed by atoms with van der Waals surface area (Å²) in [4.78, 5) is 4.04. The number of nitrogens with one attached hydrogen (secondary N) is 1. The van der Waals surface area contributed by atoms with Gasteiger partial charge in [-0.15, -0.1) is 0 Å². The largest absolute Gasteiger partial charge is 0.388 e. The van der Waals surface area contributed by atoms with E-state index in [1.807, 2.05) is 0 Å². The highest BCUT2D eigenvalue weighted by Crippen LogP contribution is 2.27. The molecule has 0 saturated carbocycles. The number of hydrogen-bond acceptors (Lipinski definition) is 3. The van der Waals surface area contributed by atoms with Crippen LogP contribution in [0.15, 0.2) is 18.2 Å². The number of H-pyrrole nitrogens is 1. The molecule has 15 heavy (non-hydrogen) atoms. The lowest BCUT2D eigenvalue weighted by atomic mass is 10.2. The Labute approximate surface area is 95.9 Å². The van der Waals surface area contributed by atoms with Gasteiger partial charge in [0.05, 0.1) is 5.02 Å². The van der Waals surface area contributed by atoms with Crippen LogP contribution in [0.25, 0.3) is 11.4 Å². The van der Waals surface area contributed by atoms with Crippen LogP contribution < -0.4 is 0 Å². The van der Waals surface area contributed by atoms with Crippen molar-refractivity contribution in [2.75, 3.05) is 0 Å². The molecule has 4 nitrogen and oxygen atoms in total. The first kappa shape index (κ1) is 10.4. The van der Waals surface area contributed by atoms with Crippen LogP contribution in [-0.2, 0) is 6.61 Å². The Kier molecular flexibility index (Phi) is 2.90. The monoisotopic (exact) mass is 243 g/mol. The van der Waals surface area contributed by atoms with Gasteiger partial charge in [0.2, 0.25) is 0 Å². The van der Waals surface area contributed by atoms with Crippen molar-refractivity contribution >= 4 is 23.2 Å². The van der Waals surface area contributed by atoms with Crippen molar-refractivity contribution in [1.29, 1.82) is 0 Å². The van der Waals surface area contributed by atoms with Crippen LogP contribution in [0, 0.1) is 0 Å². The first-order valence-electron chi connectivity index (χ1n) is 4.18. The molecular weight excluding hydrogens is 237 g/mol. The fourth-order valence-electron chi connectivity index (χ4n) is 1.16. The van der Waals surface area contributed by atoms with Gasteiger partial charge in [-0.2, -0.15) is 5.10 Å². The third-order valence-electron chi connectivity index (χ3n) is 1.85. The number of aliphatic hydroxyl groups is 1. The zero-order chi connectivity index (χ0) is 10.8. The van der Waals surface area contributed by atoms with E-state index in [0.717, 1.165) is 0 Å². The number of nitrogens with zero attached hydrogens (tertiary/aromatic N) is 2. The summed E-state index contributed by atoms with van der Waals surface area (Å²) in [6.07, 6.45) is 0. The molecule has 0 bridgehead atoms. The van der Waals surface area contributed by atoms with Gasteiger partial charge < -0.3 is 5.11 Å². The summed E-state index contributed by atoms with van der Waals surface area (Å²) in [6.45, 7) is -0.189. The number of aliphatic hydroxyl groups excluding tert-OH is 1. The molecule has 2 N–H and O–H groups in total. The van der Waals surface area contributed by atoms with E-state index < -0.39 is 0 Å². The molecule has 2 rings (SSSR count). The molecule has 0 unspecified atom stereocenters. The van der Waals surface area contributed by atoms with Crippen molar-refractivity contribution in [2.45, 2.75) is 6.61 Å². The van der Waals surface area contributed by atoms with Gasteiger partial charge in [0, 0.05) is 10.6 Å². The zero-order valence-corrected chi connectivity index (χ0v) is 9.05. The molecule has 6 heteroatoms. The smallest absolute Gasteiger partial charge is 0.182 e. The first-order valence-corrected chi connectivity index (χ1v) is 4.94. The highest BCUT2D eigenvalue weighted by Gasteiger charge is 2.09. The Bertz CT molecular complexity index is 484. The van der Waals surface area contributed by atoms with E-state index in [4.69, 9.17) is 28.3 Å². The topological polar surface area (TPSA) is 61.8 Å². The second-order valence-corrected chi connectivity index (χ2v) is 3.73. The fraction of sp³-hybridized carbons (Fsp3) is 0.111. The number of aromatic nitrogens is 3. The quantitative estimate of drug-likeness (QED) is 0.851. The minimum absolute atomic E-state index is 0.189. The summed E-state index contributed by atoms with van der Waals surface area (Å²) < 4.78 is 0. The van der Waals surface area contributed by atoms with Crippen LogP contribution >= 0.6 is 23.2 Å². The molecule has 0 aliphatic heterocycles. The summed E-state index contributed by atoms with van der Waals surface area (Å²) in [5.41, 5.74) is 0.639. The summed E-state index contributed by atoms with van der Waals surface area (Å²) in [7, 11) is 0.